The number of hydrogen-bond donors (Lipinski definition) is 0. The largest absolute Gasteiger partial charge is 0.455 e. The average Bonchev–Trinajstić information content (AvgIpc) is 3.36. The molecule has 1 heterocycles. The fourth-order valence-electron chi connectivity index (χ4n) is 5.57. The van der Waals surface area contributed by atoms with Gasteiger partial charge in [0.15, 0.2) is 0 Å². The van der Waals surface area contributed by atoms with Gasteiger partial charge in [-0.25, -0.2) is 0 Å². The molecule has 0 fully saturated rings. The molecule has 1 aromatic heterocycles. The molecule has 7 aromatic rings. The molecule has 0 N–H and O–H groups in total. The lowest BCUT2D eigenvalue weighted by Gasteiger charge is -2.15. The number of furan rings is 1. The summed E-state index contributed by atoms with van der Waals surface area (Å²) in [7, 11) is 0. The molecule has 0 aliphatic carbocycles. The summed E-state index contributed by atoms with van der Waals surface area (Å²) in [4.78, 5) is 0. The fourth-order valence-corrected chi connectivity index (χ4v) is 5.57. The standard InChI is InChI=1S/C36H26O/c1-24(28-11-6-12-29(23-28)31-15-7-10-26-9-2-3-13-30(26)31)25-19-21-27(22-20-25)32-16-8-17-34-33-14-4-5-18-35(33)37-36(32)34/h2-24H,1H3. The van der Waals surface area contributed by atoms with Gasteiger partial charge in [0.2, 0.25) is 0 Å². The highest BCUT2D eigenvalue weighted by Crippen LogP contribution is 2.37. The summed E-state index contributed by atoms with van der Waals surface area (Å²) in [5.41, 5.74) is 9.34. The van der Waals surface area contributed by atoms with Crippen LogP contribution in [0.1, 0.15) is 24.0 Å². The fraction of sp³-hybridized carbons (Fsp3) is 0.0556. The van der Waals surface area contributed by atoms with Crippen molar-refractivity contribution in [3.8, 4) is 22.3 Å². The molecular formula is C36H26O. The van der Waals surface area contributed by atoms with E-state index in [1.165, 1.54) is 38.6 Å². The van der Waals surface area contributed by atoms with Crippen molar-refractivity contribution in [2.24, 2.45) is 0 Å². The van der Waals surface area contributed by atoms with Crippen LogP contribution in [0.15, 0.2) is 138 Å². The van der Waals surface area contributed by atoms with Gasteiger partial charge in [-0.15, -0.1) is 0 Å². The molecule has 0 bridgehead atoms. The van der Waals surface area contributed by atoms with Crippen LogP contribution in [0, 0.1) is 0 Å². The van der Waals surface area contributed by atoms with Gasteiger partial charge in [-0.1, -0.05) is 134 Å². The van der Waals surface area contributed by atoms with E-state index in [0.717, 1.165) is 27.5 Å². The third-order valence-electron chi connectivity index (χ3n) is 7.61. The van der Waals surface area contributed by atoms with Crippen molar-refractivity contribution in [1.82, 2.24) is 0 Å². The monoisotopic (exact) mass is 474 g/mol. The van der Waals surface area contributed by atoms with Crippen molar-refractivity contribution >= 4 is 32.7 Å². The summed E-state index contributed by atoms with van der Waals surface area (Å²) >= 11 is 0. The number of para-hydroxylation sites is 2. The molecule has 1 nitrogen and oxygen atoms in total. The number of fused-ring (bicyclic) bond motifs is 4. The van der Waals surface area contributed by atoms with E-state index in [1.807, 2.05) is 12.1 Å². The quantitative estimate of drug-likeness (QED) is 0.247. The second-order valence-corrected chi connectivity index (χ2v) is 9.78. The molecule has 37 heavy (non-hydrogen) atoms. The third kappa shape index (κ3) is 3.72. The molecule has 0 amide bonds. The van der Waals surface area contributed by atoms with E-state index < -0.39 is 0 Å². The average molecular weight is 475 g/mol. The van der Waals surface area contributed by atoms with Gasteiger partial charge in [-0.05, 0) is 44.7 Å². The van der Waals surface area contributed by atoms with Crippen molar-refractivity contribution < 1.29 is 4.42 Å². The minimum atomic E-state index is 0.283. The molecule has 176 valence electrons. The molecule has 0 aliphatic heterocycles. The highest BCUT2D eigenvalue weighted by Gasteiger charge is 2.14. The molecule has 0 radical (unpaired) electrons. The zero-order chi connectivity index (χ0) is 24.8. The predicted molar refractivity (Wildman–Crippen MR) is 156 cm³/mol. The van der Waals surface area contributed by atoms with E-state index in [4.69, 9.17) is 4.42 Å². The first-order chi connectivity index (χ1) is 18.3. The Morgan fingerprint density at radius 3 is 2.05 bits per heavy atom. The Hall–Kier alpha value is -4.62. The Kier molecular flexibility index (Phi) is 5.15. The molecule has 1 atom stereocenters. The highest BCUT2D eigenvalue weighted by molar-refractivity contribution is 6.09. The van der Waals surface area contributed by atoms with Gasteiger partial charge in [0.05, 0.1) is 0 Å². The summed E-state index contributed by atoms with van der Waals surface area (Å²) in [6, 6.07) is 47.8. The van der Waals surface area contributed by atoms with E-state index in [0.29, 0.717) is 0 Å². The number of hydrogen-bond acceptors (Lipinski definition) is 1. The van der Waals surface area contributed by atoms with Crippen LogP contribution in [0.2, 0.25) is 0 Å². The Balaban J connectivity index is 1.23. The van der Waals surface area contributed by atoms with Crippen LogP contribution in [-0.2, 0) is 0 Å². The molecule has 7 rings (SSSR count). The topological polar surface area (TPSA) is 13.1 Å². The van der Waals surface area contributed by atoms with Crippen LogP contribution in [0.25, 0.3) is 55.0 Å². The highest BCUT2D eigenvalue weighted by atomic mass is 16.3. The Morgan fingerprint density at radius 2 is 1.16 bits per heavy atom. The van der Waals surface area contributed by atoms with Gasteiger partial charge >= 0.3 is 0 Å². The van der Waals surface area contributed by atoms with Crippen molar-refractivity contribution in [2.75, 3.05) is 0 Å². The van der Waals surface area contributed by atoms with E-state index in [1.54, 1.807) is 0 Å². The number of benzene rings is 6. The van der Waals surface area contributed by atoms with Crippen LogP contribution >= 0.6 is 0 Å². The zero-order valence-corrected chi connectivity index (χ0v) is 20.7. The normalized spacial score (nSPS) is 12.4. The summed E-state index contributed by atoms with van der Waals surface area (Å²) in [6.07, 6.45) is 0. The summed E-state index contributed by atoms with van der Waals surface area (Å²) in [6.45, 7) is 2.29. The molecule has 0 aliphatic rings. The first-order valence-electron chi connectivity index (χ1n) is 12.8. The van der Waals surface area contributed by atoms with Crippen LogP contribution in [0.3, 0.4) is 0 Å². The van der Waals surface area contributed by atoms with Gasteiger partial charge in [0.25, 0.3) is 0 Å². The van der Waals surface area contributed by atoms with Crippen LogP contribution in [0.5, 0.6) is 0 Å². The minimum Gasteiger partial charge on any atom is -0.455 e. The van der Waals surface area contributed by atoms with E-state index >= 15 is 0 Å². The molecular weight excluding hydrogens is 448 g/mol. The van der Waals surface area contributed by atoms with Crippen LogP contribution in [-0.4, -0.2) is 0 Å². The Labute approximate surface area is 216 Å². The number of rotatable bonds is 4. The van der Waals surface area contributed by atoms with E-state index in [9.17, 15) is 0 Å². The smallest absolute Gasteiger partial charge is 0.143 e. The first-order valence-corrected chi connectivity index (χ1v) is 12.8. The van der Waals surface area contributed by atoms with Gasteiger partial charge in [-0.3, -0.25) is 0 Å². The first kappa shape index (κ1) is 21.6. The van der Waals surface area contributed by atoms with Gasteiger partial charge in [0.1, 0.15) is 11.2 Å². The maximum absolute atomic E-state index is 6.27. The van der Waals surface area contributed by atoms with Crippen molar-refractivity contribution in [3.63, 3.8) is 0 Å². The van der Waals surface area contributed by atoms with Crippen molar-refractivity contribution in [1.29, 1.82) is 0 Å². The Bertz CT molecular complexity index is 1880. The summed E-state index contributed by atoms with van der Waals surface area (Å²) < 4.78 is 6.27. The van der Waals surface area contributed by atoms with E-state index in [-0.39, 0.29) is 5.92 Å². The lowest BCUT2D eigenvalue weighted by Crippen LogP contribution is -1.96. The van der Waals surface area contributed by atoms with Gasteiger partial charge in [-0.2, -0.15) is 0 Å². The molecule has 1 unspecified atom stereocenters. The lowest BCUT2D eigenvalue weighted by atomic mass is 9.89. The Morgan fingerprint density at radius 1 is 0.486 bits per heavy atom. The maximum Gasteiger partial charge on any atom is 0.143 e. The summed E-state index contributed by atoms with van der Waals surface area (Å²) in [5.74, 6) is 0.283. The molecule has 0 spiro atoms. The van der Waals surface area contributed by atoms with Crippen LogP contribution in [0.4, 0.5) is 0 Å². The summed E-state index contributed by atoms with van der Waals surface area (Å²) in [5, 5.41) is 4.89. The van der Waals surface area contributed by atoms with Crippen molar-refractivity contribution in [2.45, 2.75) is 12.8 Å². The molecule has 1 heteroatoms. The minimum absolute atomic E-state index is 0.283. The predicted octanol–water partition coefficient (Wildman–Crippen LogP) is 10.2. The second kappa shape index (κ2) is 8.80. The van der Waals surface area contributed by atoms with Crippen LogP contribution < -0.4 is 0 Å². The van der Waals surface area contributed by atoms with E-state index in [2.05, 4.69) is 128 Å². The third-order valence-corrected chi connectivity index (χ3v) is 7.61. The second-order valence-electron chi connectivity index (χ2n) is 9.78. The zero-order valence-electron chi connectivity index (χ0n) is 20.7. The van der Waals surface area contributed by atoms with Gasteiger partial charge < -0.3 is 4.42 Å². The molecule has 0 saturated heterocycles. The van der Waals surface area contributed by atoms with Crippen molar-refractivity contribution in [3.05, 3.63) is 145 Å². The SMILES string of the molecule is CC(c1ccc(-c2cccc3c2oc2ccccc23)cc1)c1cccc(-c2cccc3ccccc23)c1. The molecule has 6 aromatic carbocycles. The maximum atomic E-state index is 6.27. The van der Waals surface area contributed by atoms with Gasteiger partial charge in [0, 0.05) is 22.3 Å². The molecule has 0 saturated carbocycles. The lowest BCUT2D eigenvalue weighted by molar-refractivity contribution is 0.670.